The van der Waals surface area contributed by atoms with Crippen LogP contribution in [0.5, 0.6) is 0 Å². The fourth-order valence-electron chi connectivity index (χ4n) is 2.48. The number of Topliss-reactive ketones (excluding diaryl/α,β-unsaturated/α-hetero) is 1. The van der Waals surface area contributed by atoms with Gasteiger partial charge < -0.3 is 0 Å². The Balaban J connectivity index is 2.07. The van der Waals surface area contributed by atoms with Gasteiger partial charge in [0.25, 0.3) is 0 Å². The maximum atomic E-state index is 13.9. The van der Waals surface area contributed by atoms with Crippen molar-refractivity contribution in [3.63, 3.8) is 0 Å². The number of halogens is 1. The van der Waals surface area contributed by atoms with Gasteiger partial charge in [-0.15, -0.1) is 11.8 Å². The van der Waals surface area contributed by atoms with Gasteiger partial charge in [-0.3, -0.25) is 4.79 Å². The van der Waals surface area contributed by atoms with Gasteiger partial charge in [-0.05, 0) is 37.8 Å². The highest BCUT2D eigenvalue weighted by Gasteiger charge is 2.21. The normalized spacial score (nSPS) is 23.9. The summed E-state index contributed by atoms with van der Waals surface area (Å²) in [6.45, 7) is 3.73. The van der Waals surface area contributed by atoms with Gasteiger partial charge in [0.05, 0.1) is 0 Å². The topological polar surface area (TPSA) is 17.1 Å². The fraction of sp³-hybridized carbons (Fsp3) is 0.533. The molecular formula is C15H19FOS. The molecule has 0 saturated heterocycles. The van der Waals surface area contributed by atoms with Crippen LogP contribution in [0, 0.1) is 11.7 Å². The van der Waals surface area contributed by atoms with E-state index in [4.69, 9.17) is 0 Å². The minimum atomic E-state index is -0.258. The Morgan fingerprint density at radius 2 is 2.17 bits per heavy atom. The zero-order valence-electron chi connectivity index (χ0n) is 10.9. The Kier molecular flexibility index (Phi) is 4.44. The monoisotopic (exact) mass is 266 g/mol. The third-order valence-corrected chi connectivity index (χ3v) is 4.87. The molecule has 1 fully saturated rings. The van der Waals surface area contributed by atoms with Crippen molar-refractivity contribution < 1.29 is 9.18 Å². The smallest absolute Gasteiger partial charge is 0.159 e. The van der Waals surface area contributed by atoms with Crippen molar-refractivity contribution in [3.05, 3.63) is 29.6 Å². The first kappa shape index (κ1) is 13.6. The molecule has 1 aliphatic rings. The molecule has 0 aromatic heterocycles. The van der Waals surface area contributed by atoms with Gasteiger partial charge in [-0.2, -0.15) is 0 Å². The number of ketones is 1. The van der Waals surface area contributed by atoms with Crippen molar-refractivity contribution in [1.29, 1.82) is 0 Å². The van der Waals surface area contributed by atoms with Crippen LogP contribution in [0.15, 0.2) is 23.1 Å². The van der Waals surface area contributed by atoms with Crippen molar-refractivity contribution in [2.75, 3.05) is 0 Å². The van der Waals surface area contributed by atoms with E-state index in [1.807, 2.05) is 0 Å². The molecule has 0 N–H and O–H groups in total. The van der Waals surface area contributed by atoms with Crippen LogP contribution < -0.4 is 0 Å². The molecule has 2 rings (SSSR count). The van der Waals surface area contributed by atoms with E-state index in [-0.39, 0.29) is 11.6 Å². The second-order valence-electron chi connectivity index (χ2n) is 5.21. The van der Waals surface area contributed by atoms with E-state index in [0.29, 0.717) is 15.7 Å². The molecule has 18 heavy (non-hydrogen) atoms. The molecule has 1 saturated carbocycles. The van der Waals surface area contributed by atoms with Crippen LogP contribution in [0.4, 0.5) is 4.39 Å². The molecule has 1 aromatic carbocycles. The highest BCUT2D eigenvalue weighted by molar-refractivity contribution is 8.00. The average Bonchev–Trinajstić information content (AvgIpc) is 2.31. The number of thioether (sulfide) groups is 1. The zero-order valence-corrected chi connectivity index (χ0v) is 11.7. The average molecular weight is 266 g/mol. The molecule has 1 aliphatic carbocycles. The van der Waals surface area contributed by atoms with Crippen LogP contribution in [-0.4, -0.2) is 11.0 Å². The van der Waals surface area contributed by atoms with E-state index >= 15 is 0 Å². The molecule has 0 radical (unpaired) electrons. The summed E-state index contributed by atoms with van der Waals surface area (Å²) >= 11 is 1.63. The second kappa shape index (κ2) is 5.87. The van der Waals surface area contributed by atoms with E-state index in [0.717, 1.165) is 5.92 Å². The molecule has 1 aromatic rings. The SMILES string of the molecule is CC(=O)c1ccc(SC2CCCC(C)C2)c(F)c1. The number of hydrogen-bond donors (Lipinski definition) is 0. The third-order valence-electron chi connectivity index (χ3n) is 3.52. The van der Waals surface area contributed by atoms with Crippen LogP contribution >= 0.6 is 11.8 Å². The number of carbonyl (C=O) groups is 1. The maximum absolute atomic E-state index is 13.9. The van der Waals surface area contributed by atoms with Crippen molar-refractivity contribution in [1.82, 2.24) is 0 Å². The number of carbonyl (C=O) groups excluding carboxylic acids is 1. The van der Waals surface area contributed by atoms with Gasteiger partial charge in [0.2, 0.25) is 0 Å². The van der Waals surface area contributed by atoms with E-state index in [2.05, 4.69) is 6.92 Å². The molecule has 2 atom stereocenters. The summed E-state index contributed by atoms with van der Waals surface area (Å²) < 4.78 is 13.9. The first-order chi connectivity index (χ1) is 8.56. The van der Waals surface area contributed by atoms with Gasteiger partial charge in [0, 0.05) is 15.7 Å². The Morgan fingerprint density at radius 1 is 1.39 bits per heavy atom. The fourth-order valence-corrected chi connectivity index (χ4v) is 3.87. The van der Waals surface area contributed by atoms with E-state index in [1.54, 1.807) is 23.9 Å². The van der Waals surface area contributed by atoms with Crippen LogP contribution in [0.3, 0.4) is 0 Å². The van der Waals surface area contributed by atoms with Crippen molar-refractivity contribution >= 4 is 17.5 Å². The lowest BCUT2D eigenvalue weighted by Crippen LogP contribution is -2.15. The van der Waals surface area contributed by atoms with Crippen molar-refractivity contribution in [3.8, 4) is 0 Å². The summed E-state index contributed by atoms with van der Waals surface area (Å²) in [7, 11) is 0. The lowest BCUT2D eigenvalue weighted by molar-refractivity contribution is 0.101. The van der Waals surface area contributed by atoms with Crippen LogP contribution in [0.25, 0.3) is 0 Å². The highest BCUT2D eigenvalue weighted by Crippen LogP contribution is 2.37. The standard InChI is InChI=1S/C15H19FOS/c1-10-4-3-5-13(8-10)18-15-7-6-12(11(2)17)9-14(15)16/h6-7,9-10,13H,3-5,8H2,1-2H3. The van der Waals surface area contributed by atoms with Crippen LogP contribution in [-0.2, 0) is 0 Å². The maximum Gasteiger partial charge on any atom is 0.159 e. The molecule has 1 nitrogen and oxygen atoms in total. The Hall–Kier alpha value is -0.830. The van der Waals surface area contributed by atoms with Crippen LogP contribution in [0.1, 0.15) is 49.9 Å². The van der Waals surface area contributed by atoms with Gasteiger partial charge in [-0.25, -0.2) is 4.39 Å². The van der Waals surface area contributed by atoms with Gasteiger partial charge in [0.1, 0.15) is 5.82 Å². The second-order valence-corrected chi connectivity index (χ2v) is 6.56. The molecule has 0 bridgehead atoms. The number of benzene rings is 1. The summed E-state index contributed by atoms with van der Waals surface area (Å²) in [6.07, 6.45) is 4.87. The van der Waals surface area contributed by atoms with Gasteiger partial charge in [0.15, 0.2) is 5.78 Å². The lowest BCUT2D eigenvalue weighted by atomic mass is 9.91. The lowest BCUT2D eigenvalue weighted by Gasteiger charge is -2.26. The van der Waals surface area contributed by atoms with E-state index in [1.165, 1.54) is 38.7 Å². The Labute approximate surface area is 112 Å². The Morgan fingerprint density at radius 3 is 2.78 bits per heavy atom. The molecular weight excluding hydrogens is 247 g/mol. The largest absolute Gasteiger partial charge is 0.295 e. The van der Waals surface area contributed by atoms with Gasteiger partial charge >= 0.3 is 0 Å². The summed E-state index contributed by atoms with van der Waals surface area (Å²) in [5.41, 5.74) is 0.453. The van der Waals surface area contributed by atoms with Crippen molar-refractivity contribution in [2.24, 2.45) is 5.92 Å². The van der Waals surface area contributed by atoms with Crippen molar-refractivity contribution in [2.45, 2.75) is 49.7 Å². The number of hydrogen-bond acceptors (Lipinski definition) is 2. The summed E-state index contributed by atoms with van der Waals surface area (Å²) in [6, 6.07) is 4.83. The third kappa shape index (κ3) is 3.35. The van der Waals surface area contributed by atoms with E-state index in [9.17, 15) is 9.18 Å². The molecule has 0 aliphatic heterocycles. The molecule has 2 unspecified atom stereocenters. The summed E-state index contributed by atoms with van der Waals surface area (Å²) in [5, 5.41) is 0.520. The summed E-state index contributed by atoms with van der Waals surface area (Å²) in [5.74, 6) is 0.401. The quantitative estimate of drug-likeness (QED) is 0.738. The number of rotatable bonds is 3. The van der Waals surface area contributed by atoms with E-state index < -0.39 is 0 Å². The first-order valence-corrected chi connectivity index (χ1v) is 7.41. The summed E-state index contributed by atoms with van der Waals surface area (Å²) in [4.78, 5) is 11.8. The molecule has 98 valence electrons. The molecule has 0 heterocycles. The molecule has 0 spiro atoms. The predicted molar refractivity (Wildman–Crippen MR) is 73.7 cm³/mol. The minimum absolute atomic E-state index is 0.0864. The predicted octanol–water partition coefficient (Wildman–Crippen LogP) is 4.70. The minimum Gasteiger partial charge on any atom is -0.295 e. The Bertz CT molecular complexity index is 444. The van der Waals surface area contributed by atoms with Crippen LogP contribution in [0.2, 0.25) is 0 Å². The molecule has 0 amide bonds. The highest BCUT2D eigenvalue weighted by atomic mass is 32.2. The zero-order chi connectivity index (χ0) is 13.1. The molecule has 3 heteroatoms. The first-order valence-electron chi connectivity index (χ1n) is 6.53. The van der Waals surface area contributed by atoms with Gasteiger partial charge in [-0.1, -0.05) is 25.8 Å².